The fraction of sp³-hybridized carbons (Fsp3) is 0.429. The summed E-state index contributed by atoms with van der Waals surface area (Å²) < 4.78 is 34.0. The van der Waals surface area contributed by atoms with Gasteiger partial charge in [0.25, 0.3) is 0 Å². The Morgan fingerprint density at radius 1 is 1.03 bits per heavy atom. The lowest BCUT2D eigenvalue weighted by atomic mass is 10.2. The Morgan fingerprint density at radius 3 is 2.43 bits per heavy atom. The summed E-state index contributed by atoms with van der Waals surface area (Å²) in [6.07, 6.45) is 1.26. The van der Waals surface area contributed by atoms with Gasteiger partial charge in [-0.2, -0.15) is 4.31 Å². The Morgan fingerprint density at radius 2 is 1.73 bits per heavy atom. The van der Waals surface area contributed by atoms with Crippen LogP contribution in [0.5, 0.6) is 0 Å². The Balaban J connectivity index is 1.68. The summed E-state index contributed by atoms with van der Waals surface area (Å²) in [7, 11) is -3.62. The predicted octanol–water partition coefficient (Wildman–Crippen LogP) is 3.02. The molecule has 7 nitrogen and oxygen atoms in total. The third-order valence-corrected chi connectivity index (χ3v) is 8.39. The summed E-state index contributed by atoms with van der Waals surface area (Å²) in [5, 5.41) is 14.0. The van der Waals surface area contributed by atoms with Gasteiger partial charge in [-0.15, -0.1) is 0 Å². The minimum atomic E-state index is -3.62. The number of halogens is 1. The molecule has 2 fully saturated rings. The van der Waals surface area contributed by atoms with Crippen LogP contribution in [0, 0.1) is 3.57 Å². The molecule has 9 heteroatoms. The van der Waals surface area contributed by atoms with E-state index in [0.717, 1.165) is 40.8 Å². The van der Waals surface area contributed by atoms with Crippen LogP contribution in [0.4, 0.5) is 11.4 Å². The van der Waals surface area contributed by atoms with Crippen molar-refractivity contribution in [2.75, 3.05) is 49.6 Å². The molecule has 1 atom stereocenters. The second-order valence-electron chi connectivity index (χ2n) is 7.46. The van der Waals surface area contributed by atoms with Gasteiger partial charge in [0.2, 0.25) is 10.0 Å². The van der Waals surface area contributed by atoms with E-state index in [1.165, 1.54) is 4.31 Å². The minimum Gasteiger partial charge on any atom is -0.379 e. The van der Waals surface area contributed by atoms with Crippen molar-refractivity contribution in [1.82, 2.24) is 4.31 Å². The quantitative estimate of drug-likeness (QED) is 0.431. The van der Waals surface area contributed by atoms with Crippen molar-refractivity contribution in [3.05, 3.63) is 51.6 Å². The zero-order chi connectivity index (χ0) is 21.1. The van der Waals surface area contributed by atoms with E-state index in [4.69, 9.17) is 4.74 Å². The molecule has 162 valence electrons. The lowest BCUT2D eigenvalue weighted by Gasteiger charge is -2.28. The van der Waals surface area contributed by atoms with Crippen LogP contribution in [0.2, 0.25) is 0 Å². The monoisotopic (exact) mass is 543 g/mol. The van der Waals surface area contributed by atoms with Gasteiger partial charge < -0.3 is 20.1 Å². The molecule has 0 saturated carbocycles. The third-order valence-electron chi connectivity index (χ3n) is 5.51. The number of benzene rings is 2. The molecule has 2 saturated heterocycles. The Labute approximate surface area is 191 Å². The van der Waals surface area contributed by atoms with Gasteiger partial charge in [0, 0.05) is 35.3 Å². The van der Waals surface area contributed by atoms with Crippen LogP contribution in [0.1, 0.15) is 24.6 Å². The molecule has 0 spiro atoms. The van der Waals surface area contributed by atoms with Gasteiger partial charge in [-0.05, 0) is 59.7 Å². The molecule has 0 unspecified atom stereocenters. The molecule has 2 aromatic carbocycles. The van der Waals surface area contributed by atoms with E-state index in [1.807, 2.05) is 30.3 Å². The van der Waals surface area contributed by atoms with Gasteiger partial charge in [-0.25, -0.2) is 8.42 Å². The summed E-state index contributed by atoms with van der Waals surface area (Å²) in [6, 6.07) is 12.8. The molecule has 0 aromatic heterocycles. The molecule has 0 bridgehead atoms. The maximum Gasteiger partial charge on any atom is 0.243 e. The maximum absolute atomic E-state index is 13.1. The lowest BCUT2D eigenvalue weighted by molar-refractivity contribution is 0.0730. The van der Waals surface area contributed by atoms with Crippen molar-refractivity contribution in [2.45, 2.75) is 24.0 Å². The van der Waals surface area contributed by atoms with Crippen LogP contribution in [-0.2, 0) is 14.8 Å². The van der Waals surface area contributed by atoms with Crippen LogP contribution in [0.15, 0.2) is 47.4 Å². The van der Waals surface area contributed by atoms with Crippen molar-refractivity contribution < 1.29 is 18.3 Å². The van der Waals surface area contributed by atoms with E-state index in [1.54, 1.807) is 12.1 Å². The van der Waals surface area contributed by atoms with Gasteiger partial charge in [-0.1, -0.05) is 18.2 Å². The van der Waals surface area contributed by atoms with Gasteiger partial charge in [0.15, 0.2) is 6.23 Å². The standard InChI is InChI=1S/C21H26IN3O4S/c22-18-6-2-1-5-17(18)21(26)23-19-15-16(7-8-20(19)24-9-3-4-10-24)30(27,28)25-11-13-29-14-12-25/h1-2,5-8,15,21,23,26H,3-4,9-14H2/t21-/m1/s1. The van der Waals surface area contributed by atoms with Crippen LogP contribution < -0.4 is 10.2 Å². The Hall–Kier alpha value is -1.40. The molecular formula is C21H26IN3O4S. The minimum absolute atomic E-state index is 0.227. The largest absolute Gasteiger partial charge is 0.379 e. The second kappa shape index (κ2) is 9.39. The van der Waals surface area contributed by atoms with Crippen molar-refractivity contribution in [1.29, 1.82) is 0 Å². The highest BCUT2D eigenvalue weighted by Gasteiger charge is 2.28. The van der Waals surface area contributed by atoms with E-state index in [0.29, 0.717) is 32.0 Å². The zero-order valence-electron chi connectivity index (χ0n) is 16.6. The highest BCUT2D eigenvalue weighted by molar-refractivity contribution is 14.1. The van der Waals surface area contributed by atoms with Crippen LogP contribution in [0.25, 0.3) is 0 Å². The number of aliphatic hydroxyl groups excluding tert-OH is 1. The molecule has 4 rings (SSSR count). The van der Waals surface area contributed by atoms with Crippen molar-refractivity contribution in [3.8, 4) is 0 Å². The second-order valence-corrected chi connectivity index (χ2v) is 10.6. The first-order chi connectivity index (χ1) is 14.5. The fourth-order valence-corrected chi connectivity index (χ4v) is 6.00. The van der Waals surface area contributed by atoms with Crippen LogP contribution in [0.3, 0.4) is 0 Å². The van der Waals surface area contributed by atoms with E-state index in [2.05, 4.69) is 32.8 Å². The SMILES string of the molecule is O=S(=O)(c1ccc(N2CCCC2)c(N[C@H](O)c2ccccc2I)c1)N1CCOCC1. The fourth-order valence-electron chi connectivity index (χ4n) is 3.88. The van der Waals surface area contributed by atoms with E-state index < -0.39 is 16.3 Å². The average Bonchev–Trinajstić information content (AvgIpc) is 3.29. The molecule has 0 amide bonds. The molecule has 2 aliphatic rings. The number of sulfonamides is 1. The number of ether oxygens (including phenoxy) is 1. The lowest BCUT2D eigenvalue weighted by Crippen LogP contribution is -2.40. The molecule has 2 heterocycles. The predicted molar refractivity (Wildman–Crippen MR) is 125 cm³/mol. The summed E-state index contributed by atoms with van der Waals surface area (Å²) in [6.45, 7) is 3.35. The number of hydrogen-bond acceptors (Lipinski definition) is 6. The molecule has 30 heavy (non-hydrogen) atoms. The number of aliphatic hydroxyl groups is 1. The average molecular weight is 543 g/mol. The van der Waals surface area contributed by atoms with Crippen molar-refractivity contribution in [2.24, 2.45) is 0 Å². The van der Waals surface area contributed by atoms with E-state index in [-0.39, 0.29) is 4.90 Å². The van der Waals surface area contributed by atoms with Crippen molar-refractivity contribution >= 4 is 44.0 Å². The van der Waals surface area contributed by atoms with Gasteiger partial charge >= 0.3 is 0 Å². The summed E-state index contributed by atoms with van der Waals surface area (Å²) in [5.41, 5.74) is 2.30. The van der Waals surface area contributed by atoms with Gasteiger partial charge in [-0.3, -0.25) is 0 Å². The smallest absolute Gasteiger partial charge is 0.243 e. The highest BCUT2D eigenvalue weighted by atomic mass is 127. The number of anilines is 2. The Kier molecular flexibility index (Phi) is 6.83. The van der Waals surface area contributed by atoms with Crippen molar-refractivity contribution in [3.63, 3.8) is 0 Å². The first kappa shape index (κ1) is 21.8. The number of rotatable bonds is 6. The summed E-state index contributed by atoms with van der Waals surface area (Å²) in [4.78, 5) is 2.46. The maximum atomic E-state index is 13.1. The number of nitrogens with zero attached hydrogens (tertiary/aromatic N) is 2. The number of hydrogen-bond donors (Lipinski definition) is 2. The van der Waals surface area contributed by atoms with Crippen LogP contribution in [-0.4, -0.2) is 57.2 Å². The van der Waals surface area contributed by atoms with Gasteiger partial charge in [0.1, 0.15) is 0 Å². The highest BCUT2D eigenvalue weighted by Crippen LogP contribution is 2.34. The molecule has 2 aromatic rings. The topological polar surface area (TPSA) is 82.1 Å². The normalized spacial score (nSPS) is 19.1. The molecular weight excluding hydrogens is 517 g/mol. The first-order valence-electron chi connectivity index (χ1n) is 10.1. The summed E-state index contributed by atoms with van der Waals surface area (Å²) >= 11 is 2.19. The van der Waals surface area contributed by atoms with Gasteiger partial charge in [0.05, 0.1) is 29.5 Å². The number of morpholine rings is 1. The van der Waals surface area contributed by atoms with Crippen LogP contribution >= 0.6 is 22.6 Å². The molecule has 2 N–H and O–H groups in total. The summed E-state index contributed by atoms with van der Waals surface area (Å²) in [5.74, 6) is 0. The molecule has 0 aliphatic carbocycles. The molecule has 0 radical (unpaired) electrons. The zero-order valence-corrected chi connectivity index (χ0v) is 19.6. The third kappa shape index (κ3) is 4.59. The first-order valence-corrected chi connectivity index (χ1v) is 12.6. The number of nitrogens with one attached hydrogen (secondary N) is 1. The molecule has 2 aliphatic heterocycles. The Bertz CT molecular complexity index is 989. The van der Waals surface area contributed by atoms with E-state index in [9.17, 15) is 13.5 Å². The van der Waals surface area contributed by atoms with E-state index >= 15 is 0 Å².